The Morgan fingerprint density at radius 3 is 2.67 bits per heavy atom. The van der Waals surface area contributed by atoms with Crippen molar-refractivity contribution in [2.45, 2.75) is 40.2 Å². The van der Waals surface area contributed by atoms with Crippen LogP contribution in [-0.4, -0.2) is 20.9 Å². The summed E-state index contributed by atoms with van der Waals surface area (Å²) < 4.78 is 0. The fraction of sp³-hybridized carbons (Fsp3) is 0.389. The molecule has 2 N–H and O–H groups in total. The van der Waals surface area contributed by atoms with E-state index in [-0.39, 0.29) is 17.9 Å². The summed E-state index contributed by atoms with van der Waals surface area (Å²) in [6.45, 7) is 8.08. The van der Waals surface area contributed by atoms with Gasteiger partial charge in [0.05, 0.1) is 22.1 Å². The molecule has 2 heterocycles. The molecule has 0 unspecified atom stereocenters. The summed E-state index contributed by atoms with van der Waals surface area (Å²) in [5.41, 5.74) is 2.41. The summed E-state index contributed by atoms with van der Waals surface area (Å²) in [5.74, 6) is 0.917. The van der Waals surface area contributed by atoms with Gasteiger partial charge in [0, 0.05) is 4.88 Å². The number of aromatic amines is 1. The third-order valence-corrected chi connectivity index (χ3v) is 5.21. The molecule has 0 aliphatic carbocycles. The lowest BCUT2D eigenvalue weighted by molar-refractivity contribution is 0.0915. The Kier molecular flexibility index (Phi) is 4.66. The molecule has 1 aromatic carbocycles. The van der Waals surface area contributed by atoms with Crippen molar-refractivity contribution in [3.8, 4) is 0 Å². The highest BCUT2D eigenvalue weighted by Crippen LogP contribution is 2.26. The molecule has 2 aromatic heterocycles. The molecule has 6 heteroatoms. The summed E-state index contributed by atoms with van der Waals surface area (Å²) in [4.78, 5) is 26.0. The van der Waals surface area contributed by atoms with Crippen LogP contribution in [0, 0.1) is 19.8 Å². The Morgan fingerprint density at radius 2 is 2.04 bits per heavy atom. The minimum atomic E-state index is -0.170. The summed E-state index contributed by atoms with van der Waals surface area (Å²) in [7, 11) is 0. The molecular weight excluding hydrogens is 320 g/mol. The number of para-hydroxylation sites is 2. The largest absolute Gasteiger partial charge is 0.340 e. The number of hydrogen-bond acceptors (Lipinski definition) is 4. The minimum Gasteiger partial charge on any atom is -0.340 e. The molecule has 0 fully saturated rings. The van der Waals surface area contributed by atoms with Gasteiger partial charge in [-0.15, -0.1) is 11.3 Å². The van der Waals surface area contributed by atoms with E-state index < -0.39 is 0 Å². The van der Waals surface area contributed by atoms with Crippen molar-refractivity contribution in [2.75, 3.05) is 0 Å². The second-order valence-electron chi connectivity index (χ2n) is 6.11. The van der Waals surface area contributed by atoms with E-state index in [0.717, 1.165) is 33.2 Å². The predicted molar refractivity (Wildman–Crippen MR) is 97.3 cm³/mol. The Labute approximate surface area is 145 Å². The van der Waals surface area contributed by atoms with Gasteiger partial charge < -0.3 is 10.3 Å². The van der Waals surface area contributed by atoms with Gasteiger partial charge in [-0.1, -0.05) is 32.4 Å². The smallest absolute Gasteiger partial charge is 0.271 e. The first-order chi connectivity index (χ1) is 11.5. The Morgan fingerprint density at radius 1 is 1.29 bits per heavy atom. The van der Waals surface area contributed by atoms with Crippen molar-refractivity contribution in [3.05, 3.63) is 45.7 Å². The van der Waals surface area contributed by atoms with Crippen LogP contribution in [0.4, 0.5) is 0 Å². The Balaban J connectivity index is 1.92. The van der Waals surface area contributed by atoms with Crippen LogP contribution >= 0.6 is 11.3 Å². The second kappa shape index (κ2) is 6.73. The SMILES string of the molecule is CC[C@H](C)[C@H](NC(=O)c1nc(C)sc1C)c1nc2ccccc2[nH]1. The Bertz CT molecular complexity index is 834. The first-order valence-corrected chi connectivity index (χ1v) is 9.00. The van der Waals surface area contributed by atoms with Crippen LogP contribution in [0.3, 0.4) is 0 Å². The van der Waals surface area contributed by atoms with Crippen LogP contribution in [0.2, 0.25) is 0 Å². The molecule has 0 spiro atoms. The number of H-pyrrole nitrogens is 1. The number of carbonyl (C=O) groups is 1. The number of imidazole rings is 1. The maximum atomic E-state index is 12.7. The van der Waals surface area contributed by atoms with E-state index in [4.69, 9.17) is 0 Å². The minimum absolute atomic E-state index is 0.136. The molecule has 0 bridgehead atoms. The van der Waals surface area contributed by atoms with Crippen molar-refractivity contribution < 1.29 is 4.79 Å². The number of fused-ring (bicyclic) bond motifs is 1. The first-order valence-electron chi connectivity index (χ1n) is 8.19. The normalized spacial score (nSPS) is 13.8. The zero-order valence-corrected chi connectivity index (χ0v) is 15.2. The number of nitrogens with zero attached hydrogens (tertiary/aromatic N) is 2. The van der Waals surface area contributed by atoms with Crippen molar-refractivity contribution in [1.82, 2.24) is 20.3 Å². The van der Waals surface area contributed by atoms with Crippen molar-refractivity contribution in [3.63, 3.8) is 0 Å². The zero-order chi connectivity index (χ0) is 17.3. The van der Waals surface area contributed by atoms with Gasteiger partial charge in [-0.2, -0.15) is 0 Å². The third kappa shape index (κ3) is 3.19. The molecule has 1 amide bonds. The maximum absolute atomic E-state index is 12.7. The van der Waals surface area contributed by atoms with Gasteiger partial charge >= 0.3 is 0 Å². The highest BCUT2D eigenvalue weighted by atomic mass is 32.1. The summed E-state index contributed by atoms with van der Waals surface area (Å²) in [5, 5.41) is 4.03. The lowest BCUT2D eigenvalue weighted by Gasteiger charge is -2.22. The average Bonchev–Trinajstić information content (AvgIpc) is 3.14. The lowest BCUT2D eigenvalue weighted by atomic mass is 9.98. The topological polar surface area (TPSA) is 70.7 Å². The lowest BCUT2D eigenvalue weighted by Crippen LogP contribution is -2.33. The quantitative estimate of drug-likeness (QED) is 0.731. The zero-order valence-electron chi connectivity index (χ0n) is 14.4. The third-order valence-electron chi connectivity index (χ3n) is 4.32. The monoisotopic (exact) mass is 342 g/mol. The molecule has 126 valence electrons. The molecule has 3 aromatic rings. The van der Waals surface area contributed by atoms with Crippen LogP contribution in [0.5, 0.6) is 0 Å². The van der Waals surface area contributed by atoms with Gasteiger partial charge in [0.25, 0.3) is 5.91 Å². The van der Waals surface area contributed by atoms with Crippen molar-refractivity contribution in [1.29, 1.82) is 0 Å². The van der Waals surface area contributed by atoms with E-state index in [1.165, 1.54) is 0 Å². The number of amides is 1. The van der Waals surface area contributed by atoms with Crippen molar-refractivity contribution >= 4 is 28.3 Å². The van der Waals surface area contributed by atoms with Crippen LogP contribution in [-0.2, 0) is 0 Å². The van der Waals surface area contributed by atoms with Gasteiger partial charge in [0.1, 0.15) is 11.5 Å². The van der Waals surface area contributed by atoms with Crippen LogP contribution < -0.4 is 5.32 Å². The van der Waals surface area contributed by atoms with Gasteiger partial charge in [-0.05, 0) is 31.9 Å². The van der Waals surface area contributed by atoms with Gasteiger partial charge in [-0.25, -0.2) is 9.97 Å². The summed E-state index contributed by atoms with van der Waals surface area (Å²) >= 11 is 1.54. The summed E-state index contributed by atoms with van der Waals surface area (Å²) in [6, 6.07) is 7.73. The van der Waals surface area contributed by atoms with Gasteiger partial charge in [-0.3, -0.25) is 4.79 Å². The molecule has 5 nitrogen and oxygen atoms in total. The molecular formula is C18H22N4OS. The van der Waals surface area contributed by atoms with E-state index in [9.17, 15) is 4.79 Å². The molecule has 0 aliphatic heterocycles. The number of thiazole rings is 1. The van der Waals surface area contributed by atoms with Crippen molar-refractivity contribution in [2.24, 2.45) is 5.92 Å². The number of hydrogen-bond donors (Lipinski definition) is 2. The fourth-order valence-corrected chi connectivity index (χ4v) is 3.60. The number of benzene rings is 1. The van der Waals surface area contributed by atoms with E-state index in [2.05, 4.69) is 34.1 Å². The molecule has 2 atom stereocenters. The standard InChI is InChI=1S/C18H22N4OS/c1-5-10(2)15(17-20-13-8-6-7-9-14(13)21-17)22-18(23)16-11(3)24-12(4)19-16/h6-10,15H,5H2,1-4H3,(H,20,21)(H,22,23)/t10-,15-/m0/s1. The molecule has 0 saturated heterocycles. The predicted octanol–water partition coefficient (Wildman–Crippen LogP) is 4.15. The number of nitrogens with one attached hydrogen (secondary N) is 2. The number of aryl methyl sites for hydroxylation is 2. The fourth-order valence-electron chi connectivity index (χ4n) is 2.78. The highest BCUT2D eigenvalue weighted by molar-refractivity contribution is 7.11. The molecule has 24 heavy (non-hydrogen) atoms. The van der Waals surface area contributed by atoms with E-state index >= 15 is 0 Å². The number of rotatable bonds is 5. The van der Waals surface area contributed by atoms with E-state index in [1.807, 2.05) is 38.1 Å². The van der Waals surface area contributed by atoms with Gasteiger partial charge in [0.2, 0.25) is 0 Å². The van der Waals surface area contributed by atoms with Crippen LogP contribution in [0.25, 0.3) is 11.0 Å². The number of aromatic nitrogens is 3. The molecule has 0 aliphatic rings. The van der Waals surface area contributed by atoms with E-state index in [1.54, 1.807) is 11.3 Å². The summed E-state index contributed by atoms with van der Waals surface area (Å²) in [6.07, 6.45) is 0.942. The first kappa shape index (κ1) is 16.6. The highest BCUT2D eigenvalue weighted by Gasteiger charge is 2.25. The van der Waals surface area contributed by atoms with Gasteiger partial charge in [0.15, 0.2) is 0 Å². The molecule has 0 radical (unpaired) electrons. The second-order valence-corrected chi connectivity index (χ2v) is 7.52. The van der Waals surface area contributed by atoms with E-state index in [0.29, 0.717) is 5.69 Å². The molecule has 0 saturated carbocycles. The number of carbonyl (C=O) groups excluding carboxylic acids is 1. The maximum Gasteiger partial charge on any atom is 0.271 e. The van der Waals surface area contributed by atoms with Crippen LogP contribution in [0.1, 0.15) is 52.5 Å². The Hall–Kier alpha value is -2.21. The van der Waals surface area contributed by atoms with Crippen LogP contribution in [0.15, 0.2) is 24.3 Å². The average molecular weight is 342 g/mol. The molecule has 3 rings (SSSR count).